The van der Waals surface area contributed by atoms with E-state index in [0.29, 0.717) is 25.2 Å². The zero-order chi connectivity index (χ0) is 16.5. The minimum Gasteiger partial charge on any atom is -0.371 e. The molecule has 0 aromatic heterocycles. The largest absolute Gasteiger partial charge is 0.483 e. The first-order valence-electron chi connectivity index (χ1n) is 6.62. The molecular weight excluding hydrogens is 319 g/mol. The quantitative estimate of drug-likeness (QED) is 0.888. The first kappa shape index (κ1) is 16.6. The molecule has 1 amide bonds. The summed E-state index contributed by atoms with van der Waals surface area (Å²) in [5, 5.41) is 0. The number of alkyl halides is 3. The number of hydrogen-bond donors (Lipinski definition) is 2. The number of anilines is 1. The molecule has 0 aliphatic carbocycles. The summed E-state index contributed by atoms with van der Waals surface area (Å²) in [6.07, 6.45) is 1.45. The van der Waals surface area contributed by atoms with Gasteiger partial charge in [-0.3, -0.25) is 4.79 Å². The number of primary amides is 1. The summed E-state index contributed by atoms with van der Waals surface area (Å²) in [5.41, 5.74) is 0.800. The molecule has 0 bridgehead atoms. The van der Waals surface area contributed by atoms with E-state index in [4.69, 9.17) is 10.5 Å². The van der Waals surface area contributed by atoms with Gasteiger partial charge >= 0.3 is 5.51 Å². The number of amides is 1. The number of nitrogens with zero attached hydrogens (tertiary/aromatic N) is 1. The van der Waals surface area contributed by atoms with Crippen LogP contribution in [0.4, 0.5) is 18.9 Å². The Morgan fingerprint density at radius 1 is 1.32 bits per heavy atom. The van der Waals surface area contributed by atoms with Crippen molar-refractivity contribution < 1.29 is 22.2 Å². The molecule has 0 unspecified atom stereocenters. The van der Waals surface area contributed by atoms with Crippen molar-refractivity contribution in [1.82, 2.24) is 0 Å². The molecule has 0 spiro atoms. The molecule has 0 saturated carbocycles. The third-order valence-electron chi connectivity index (χ3n) is 3.68. The number of piperidine rings is 1. The number of nitrogens with two attached hydrogens (primary N) is 1. The molecule has 1 saturated heterocycles. The summed E-state index contributed by atoms with van der Waals surface area (Å²) in [6.45, 7) is 1.07. The van der Waals surface area contributed by atoms with Gasteiger partial charge in [0.1, 0.15) is 0 Å². The maximum absolute atomic E-state index is 12.6. The van der Waals surface area contributed by atoms with E-state index in [0.717, 1.165) is 18.6 Å². The van der Waals surface area contributed by atoms with E-state index < -0.39 is 26.0 Å². The van der Waals surface area contributed by atoms with E-state index in [1.54, 1.807) is 0 Å². The second-order valence-corrected chi connectivity index (χ2v) is 7.23. The van der Waals surface area contributed by atoms with Crippen LogP contribution < -0.4 is 10.6 Å². The molecule has 1 aliphatic heterocycles. The van der Waals surface area contributed by atoms with Crippen molar-refractivity contribution in [2.24, 2.45) is 11.7 Å². The van der Waals surface area contributed by atoms with Crippen LogP contribution in [0.15, 0.2) is 29.2 Å². The van der Waals surface area contributed by atoms with Crippen molar-refractivity contribution in [1.29, 1.82) is 4.78 Å². The lowest BCUT2D eigenvalue weighted by Gasteiger charge is -2.33. The SMILES string of the molecule is N=[S@@](=O)(c1ccc(N2CCC[C@H](C(N)=O)C2)cc1)C(F)(F)F. The number of carbonyl (C=O) groups is 1. The topological polar surface area (TPSA) is 87.2 Å². The molecule has 122 valence electrons. The average molecular weight is 335 g/mol. The fraction of sp³-hybridized carbons (Fsp3) is 0.462. The van der Waals surface area contributed by atoms with Crippen LogP contribution >= 0.6 is 0 Å². The first-order chi connectivity index (χ1) is 10.1. The van der Waals surface area contributed by atoms with Gasteiger partial charge in [0.05, 0.1) is 10.8 Å². The number of benzene rings is 1. The maximum Gasteiger partial charge on any atom is 0.483 e. The standard InChI is InChI=1S/C13H16F3N3O2S/c14-13(15,16)22(18,21)11-5-3-10(4-6-11)19-7-1-2-9(8-19)12(17)20/h3-6,9,18H,1-2,7-8H2,(H2,17,20)/t9-,22+/m0/s1. The molecule has 3 N–H and O–H groups in total. The highest BCUT2D eigenvalue weighted by Gasteiger charge is 2.43. The number of nitrogens with one attached hydrogen (secondary N) is 1. The predicted octanol–water partition coefficient (Wildman–Crippen LogP) is 2.31. The smallest absolute Gasteiger partial charge is 0.371 e. The van der Waals surface area contributed by atoms with Crippen LogP contribution in [0.25, 0.3) is 0 Å². The van der Waals surface area contributed by atoms with Crippen molar-refractivity contribution in [3.05, 3.63) is 24.3 Å². The lowest BCUT2D eigenvalue weighted by atomic mass is 9.97. The molecule has 2 atom stereocenters. The van der Waals surface area contributed by atoms with Crippen LogP contribution in [0, 0.1) is 10.7 Å². The summed E-state index contributed by atoms with van der Waals surface area (Å²) in [6, 6.07) is 4.87. The highest BCUT2D eigenvalue weighted by Crippen LogP contribution is 2.32. The number of hydrogen-bond acceptors (Lipinski definition) is 4. The Morgan fingerprint density at radius 3 is 2.41 bits per heavy atom. The second-order valence-electron chi connectivity index (χ2n) is 5.18. The normalized spacial score (nSPS) is 22.1. The summed E-state index contributed by atoms with van der Waals surface area (Å²) in [5.74, 6) is -0.684. The molecule has 22 heavy (non-hydrogen) atoms. The molecule has 1 aliphatic rings. The van der Waals surface area contributed by atoms with Gasteiger partial charge in [-0.1, -0.05) is 0 Å². The van der Waals surface area contributed by atoms with Gasteiger partial charge in [0, 0.05) is 18.8 Å². The fourth-order valence-corrected chi connectivity index (χ4v) is 3.21. The van der Waals surface area contributed by atoms with Gasteiger partial charge in [-0.05, 0) is 37.1 Å². The fourth-order valence-electron chi connectivity index (χ4n) is 2.43. The predicted molar refractivity (Wildman–Crippen MR) is 75.8 cm³/mol. The van der Waals surface area contributed by atoms with Crippen molar-refractivity contribution in [3.63, 3.8) is 0 Å². The summed E-state index contributed by atoms with van der Waals surface area (Å²) >= 11 is 0. The minimum absolute atomic E-state index is 0.288. The molecule has 1 heterocycles. The van der Waals surface area contributed by atoms with Crippen molar-refractivity contribution in [2.45, 2.75) is 23.2 Å². The van der Waals surface area contributed by atoms with Crippen LogP contribution in [0.1, 0.15) is 12.8 Å². The van der Waals surface area contributed by atoms with E-state index in [2.05, 4.69) is 0 Å². The number of halogens is 3. The van der Waals surface area contributed by atoms with Gasteiger partial charge in [0.25, 0.3) is 0 Å². The Kier molecular flexibility index (Phi) is 4.37. The van der Waals surface area contributed by atoms with Gasteiger partial charge in [0.15, 0.2) is 9.73 Å². The molecule has 1 fully saturated rings. The molecule has 0 radical (unpaired) electrons. The number of carbonyl (C=O) groups excluding carboxylic acids is 1. The Morgan fingerprint density at radius 2 is 1.91 bits per heavy atom. The third kappa shape index (κ3) is 3.18. The zero-order valence-electron chi connectivity index (χ0n) is 11.6. The van der Waals surface area contributed by atoms with E-state index in [9.17, 15) is 22.2 Å². The zero-order valence-corrected chi connectivity index (χ0v) is 12.4. The molecule has 9 heteroatoms. The molecule has 1 aromatic rings. The highest BCUT2D eigenvalue weighted by molar-refractivity contribution is 7.93. The first-order valence-corrected chi connectivity index (χ1v) is 8.18. The van der Waals surface area contributed by atoms with Gasteiger partial charge < -0.3 is 10.6 Å². The van der Waals surface area contributed by atoms with Crippen LogP contribution in [0.3, 0.4) is 0 Å². The van der Waals surface area contributed by atoms with E-state index in [1.165, 1.54) is 12.1 Å². The maximum atomic E-state index is 12.6. The second kappa shape index (κ2) is 5.79. The van der Waals surface area contributed by atoms with Gasteiger partial charge in [-0.25, -0.2) is 8.99 Å². The summed E-state index contributed by atoms with van der Waals surface area (Å²) < 4.78 is 56.3. The molecular formula is C13H16F3N3O2S. The van der Waals surface area contributed by atoms with Crippen LogP contribution in [-0.4, -0.2) is 28.7 Å². The summed E-state index contributed by atoms with van der Waals surface area (Å²) in [4.78, 5) is 12.5. The van der Waals surface area contributed by atoms with E-state index >= 15 is 0 Å². The number of rotatable bonds is 3. The molecule has 5 nitrogen and oxygen atoms in total. The minimum atomic E-state index is -5.10. The lowest BCUT2D eigenvalue weighted by molar-refractivity contribution is -0.122. The van der Waals surface area contributed by atoms with Crippen LogP contribution in [-0.2, 0) is 14.5 Å². The Hall–Kier alpha value is -1.77. The van der Waals surface area contributed by atoms with Gasteiger partial charge in [-0.15, -0.1) is 0 Å². The Labute approximate surface area is 126 Å². The van der Waals surface area contributed by atoms with E-state index in [1.807, 2.05) is 4.90 Å². The summed E-state index contributed by atoms with van der Waals surface area (Å²) in [7, 11) is -4.84. The van der Waals surface area contributed by atoms with Crippen molar-refractivity contribution >= 4 is 21.3 Å². The van der Waals surface area contributed by atoms with Gasteiger partial charge in [0.2, 0.25) is 5.91 Å². The molecule has 1 aromatic carbocycles. The average Bonchev–Trinajstić information content (AvgIpc) is 2.46. The third-order valence-corrected chi connectivity index (χ3v) is 5.27. The Bertz CT molecular complexity index is 656. The van der Waals surface area contributed by atoms with Crippen molar-refractivity contribution in [2.75, 3.05) is 18.0 Å². The monoisotopic (exact) mass is 335 g/mol. The molecule has 2 rings (SSSR count). The van der Waals surface area contributed by atoms with Crippen LogP contribution in [0.2, 0.25) is 0 Å². The van der Waals surface area contributed by atoms with Crippen molar-refractivity contribution in [3.8, 4) is 0 Å². The van der Waals surface area contributed by atoms with Gasteiger partial charge in [-0.2, -0.15) is 13.2 Å². The lowest BCUT2D eigenvalue weighted by Crippen LogP contribution is -2.41. The van der Waals surface area contributed by atoms with E-state index in [-0.39, 0.29) is 5.92 Å². The van der Waals surface area contributed by atoms with Crippen LogP contribution in [0.5, 0.6) is 0 Å². The Balaban J connectivity index is 2.21. The highest BCUT2D eigenvalue weighted by atomic mass is 32.2.